The lowest BCUT2D eigenvalue weighted by molar-refractivity contribution is -0.121. The summed E-state index contributed by atoms with van der Waals surface area (Å²) < 4.78 is 0. The Morgan fingerprint density at radius 1 is 1.09 bits per heavy atom. The number of hydrogen-bond acceptors (Lipinski definition) is 1. The van der Waals surface area contributed by atoms with Gasteiger partial charge in [0.1, 0.15) is 0 Å². The molecule has 0 radical (unpaired) electrons. The van der Waals surface area contributed by atoms with Crippen LogP contribution in [0, 0.1) is 0 Å². The van der Waals surface area contributed by atoms with Crippen LogP contribution in [0.1, 0.15) is 30.4 Å². The Hall–Kier alpha value is -1.80. The number of benzene rings is 2. The predicted molar refractivity (Wildman–Crippen MR) is 90.1 cm³/mol. The summed E-state index contributed by atoms with van der Waals surface area (Å²) in [5.41, 5.74) is 2.55. The van der Waals surface area contributed by atoms with Crippen molar-refractivity contribution in [2.75, 3.05) is 6.54 Å². The third-order valence-corrected chi connectivity index (χ3v) is 4.63. The van der Waals surface area contributed by atoms with E-state index >= 15 is 0 Å². The largest absolute Gasteiger partial charge is 0.355 e. The first-order chi connectivity index (χ1) is 10.7. The molecule has 0 atom stereocenters. The lowest BCUT2D eigenvalue weighted by Gasteiger charge is -2.17. The molecular formula is C19H20ClNO. The van der Waals surface area contributed by atoms with Gasteiger partial charge in [-0.1, -0.05) is 54.1 Å². The molecule has 1 aliphatic rings. The van der Waals surface area contributed by atoms with Crippen molar-refractivity contribution in [3.05, 3.63) is 70.7 Å². The molecule has 1 aliphatic carbocycles. The summed E-state index contributed by atoms with van der Waals surface area (Å²) in [5.74, 6) is 0.122. The van der Waals surface area contributed by atoms with E-state index in [0.29, 0.717) is 13.0 Å². The van der Waals surface area contributed by atoms with Gasteiger partial charge in [-0.25, -0.2) is 0 Å². The van der Waals surface area contributed by atoms with Gasteiger partial charge in [-0.05, 0) is 42.5 Å². The molecule has 0 unspecified atom stereocenters. The standard InChI is InChI=1S/C19H20ClNO/c20-17-8-4-7-16(13-17)19(11-12-19)14-21-18(22)10-9-15-5-2-1-3-6-15/h1-8,13H,9-12,14H2,(H,21,22). The van der Waals surface area contributed by atoms with Crippen molar-refractivity contribution < 1.29 is 4.79 Å². The van der Waals surface area contributed by atoms with Crippen LogP contribution in [0.2, 0.25) is 5.02 Å². The minimum absolute atomic E-state index is 0.104. The van der Waals surface area contributed by atoms with E-state index < -0.39 is 0 Å². The maximum atomic E-state index is 12.1. The molecule has 1 amide bonds. The normalized spacial score (nSPS) is 15.3. The number of halogens is 1. The number of carbonyl (C=O) groups excluding carboxylic acids is 1. The Balaban J connectivity index is 1.51. The fourth-order valence-corrected chi connectivity index (χ4v) is 2.99. The molecule has 1 N–H and O–H groups in total. The van der Waals surface area contributed by atoms with Gasteiger partial charge in [0.05, 0.1) is 0 Å². The summed E-state index contributed by atoms with van der Waals surface area (Å²) >= 11 is 6.07. The number of hydrogen-bond donors (Lipinski definition) is 1. The Bertz CT molecular complexity index is 649. The van der Waals surface area contributed by atoms with Crippen LogP contribution in [0.25, 0.3) is 0 Å². The average Bonchev–Trinajstić information content (AvgIpc) is 3.33. The quantitative estimate of drug-likeness (QED) is 0.854. The topological polar surface area (TPSA) is 29.1 Å². The lowest BCUT2D eigenvalue weighted by Crippen LogP contribution is -2.32. The van der Waals surface area contributed by atoms with Gasteiger partial charge in [-0.2, -0.15) is 0 Å². The van der Waals surface area contributed by atoms with Crippen LogP contribution >= 0.6 is 11.6 Å². The Morgan fingerprint density at radius 3 is 2.55 bits per heavy atom. The average molecular weight is 314 g/mol. The first-order valence-electron chi connectivity index (χ1n) is 7.75. The van der Waals surface area contributed by atoms with Crippen LogP contribution in [0.15, 0.2) is 54.6 Å². The zero-order valence-corrected chi connectivity index (χ0v) is 13.3. The second-order valence-corrected chi connectivity index (χ2v) is 6.49. The van der Waals surface area contributed by atoms with Gasteiger partial charge in [0, 0.05) is 23.4 Å². The van der Waals surface area contributed by atoms with E-state index in [4.69, 9.17) is 11.6 Å². The molecular weight excluding hydrogens is 294 g/mol. The number of nitrogens with one attached hydrogen (secondary N) is 1. The summed E-state index contributed by atoms with van der Waals surface area (Å²) in [5, 5.41) is 3.85. The first kappa shape index (κ1) is 15.1. The molecule has 2 nitrogen and oxygen atoms in total. The predicted octanol–water partition coefficient (Wildman–Crippen LogP) is 4.12. The van der Waals surface area contributed by atoms with Crippen molar-refractivity contribution in [2.45, 2.75) is 31.1 Å². The van der Waals surface area contributed by atoms with E-state index in [2.05, 4.69) is 23.5 Å². The van der Waals surface area contributed by atoms with Crippen molar-refractivity contribution in [3.63, 3.8) is 0 Å². The number of rotatable bonds is 6. The van der Waals surface area contributed by atoms with Crippen molar-refractivity contribution >= 4 is 17.5 Å². The number of amides is 1. The number of aryl methyl sites for hydroxylation is 1. The van der Waals surface area contributed by atoms with E-state index in [9.17, 15) is 4.79 Å². The van der Waals surface area contributed by atoms with Gasteiger partial charge in [-0.15, -0.1) is 0 Å². The summed E-state index contributed by atoms with van der Waals surface area (Å²) in [6.45, 7) is 0.709. The lowest BCUT2D eigenvalue weighted by atomic mass is 9.96. The molecule has 0 bridgehead atoms. The summed E-state index contributed by atoms with van der Waals surface area (Å²) in [6.07, 6.45) is 3.56. The van der Waals surface area contributed by atoms with Gasteiger partial charge in [0.15, 0.2) is 0 Å². The maximum absolute atomic E-state index is 12.1. The Kier molecular flexibility index (Phi) is 4.49. The molecule has 2 aromatic rings. The molecule has 3 heteroatoms. The van der Waals surface area contributed by atoms with E-state index in [1.807, 2.05) is 36.4 Å². The van der Waals surface area contributed by atoms with E-state index in [0.717, 1.165) is 24.3 Å². The molecule has 22 heavy (non-hydrogen) atoms. The van der Waals surface area contributed by atoms with E-state index in [-0.39, 0.29) is 11.3 Å². The molecule has 0 aliphatic heterocycles. The van der Waals surface area contributed by atoms with Crippen molar-refractivity contribution in [3.8, 4) is 0 Å². The van der Waals surface area contributed by atoms with E-state index in [1.54, 1.807) is 0 Å². The second kappa shape index (κ2) is 6.53. The highest BCUT2D eigenvalue weighted by molar-refractivity contribution is 6.30. The molecule has 1 saturated carbocycles. The van der Waals surface area contributed by atoms with Crippen LogP contribution in [-0.2, 0) is 16.6 Å². The molecule has 0 aromatic heterocycles. The zero-order chi connectivity index (χ0) is 15.4. The van der Waals surface area contributed by atoms with Gasteiger partial charge in [-0.3, -0.25) is 4.79 Å². The van der Waals surface area contributed by atoms with Crippen molar-refractivity contribution in [2.24, 2.45) is 0 Å². The molecule has 2 aromatic carbocycles. The van der Waals surface area contributed by atoms with Crippen molar-refractivity contribution in [1.29, 1.82) is 0 Å². The monoisotopic (exact) mass is 313 g/mol. The SMILES string of the molecule is O=C(CCc1ccccc1)NCC1(c2cccc(Cl)c2)CC1. The summed E-state index contributed by atoms with van der Waals surface area (Å²) in [4.78, 5) is 12.1. The smallest absolute Gasteiger partial charge is 0.220 e. The Morgan fingerprint density at radius 2 is 1.86 bits per heavy atom. The first-order valence-corrected chi connectivity index (χ1v) is 8.12. The van der Waals surface area contributed by atoms with Gasteiger partial charge in [0.2, 0.25) is 5.91 Å². The molecule has 3 rings (SSSR count). The maximum Gasteiger partial charge on any atom is 0.220 e. The minimum Gasteiger partial charge on any atom is -0.355 e. The fraction of sp³-hybridized carbons (Fsp3) is 0.316. The molecule has 0 spiro atoms. The Labute approximate surface area is 136 Å². The zero-order valence-electron chi connectivity index (χ0n) is 12.5. The van der Waals surface area contributed by atoms with Crippen LogP contribution in [-0.4, -0.2) is 12.5 Å². The number of carbonyl (C=O) groups is 1. The summed E-state index contributed by atoms with van der Waals surface area (Å²) in [7, 11) is 0. The highest BCUT2D eigenvalue weighted by Gasteiger charge is 2.44. The summed E-state index contributed by atoms with van der Waals surface area (Å²) in [6, 6.07) is 18.1. The molecule has 1 fully saturated rings. The third kappa shape index (κ3) is 3.69. The van der Waals surface area contributed by atoms with E-state index in [1.165, 1.54) is 11.1 Å². The van der Waals surface area contributed by atoms with Crippen LogP contribution in [0.5, 0.6) is 0 Å². The van der Waals surface area contributed by atoms with Crippen LogP contribution < -0.4 is 5.32 Å². The van der Waals surface area contributed by atoms with Gasteiger partial charge < -0.3 is 5.32 Å². The van der Waals surface area contributed by atoms with Crippen LogP contribution in [0.4, 0.5) is 0 Å². The molecule has 0 saturated heterocycles. The highest BCUT2D eigenvalue weighted by Crippen LogP contribution is 2.48. The fourth-order valence-electron chi connectivity index (χ4n) is 2.80. The van der Waals surface area contributed by atoms with Crippen LogP contribution in [0.3, 0.4) is 0 Å². The van der Waals surface area contributed by atoms with Gasteiger partial charge in [0.25, 0.3) is 0 Å². The highest BCUT2D eigenvalue weighted by atomic mass is 35.5. The second-order valence-electron chi connectivity index (χ2n) is 6.05. The molecule has 0 heterocycles. The minimum atomic E-state index is 0.104. The molecule has 114 valence electrons. The third-order valence-electron chi connectivity index (χ3n) is 4.40. The van der Waals surface area contributed by atoms with Crippen molar-refractivity contribution in [1.82, 2.24) is 5.32 Å². The van der Waals surface area contributed by atoms with Gasteiger partial charge >= 0.3 is 0 Å².